The van der Waals surface area contributed by atoms with Crippen molar-refractivity contribution >= 4 is 0 Å². The van der Waals surface area contributed by atoms with E-state index in [1.54, 1.807) is 0 Å². The van der Waals surface area contributed by atoms with Gasteiger partial charge in [0.15, 0.2) is 0 Å². The van der Waals surface area contributed by atoms with Crippen molar-refractivity contribution in [2.75, 3.05) is 52.9 Å². The molecule has 5 heteroatoms. The normalized spacial score (nSPS) is 10.3. The Labute approximate surface area is 126 Å². The van der Waals surface area contributed by atoms with Gasteiger partial charge >= 0.3 is 0 Å². The largest absolute Gasteiger partial charge is 0.499 e. The molecule has 0 unspecified atom stereocenters. The van der Waals surface area contributed by atoms with Crippen LogP contribution < -0.4 is 4.74 Å². The lowest BCUT2D eigenvalue weighted by atomic mass is 10.3. The molecule has 0 radical (unpaired) electrons. The molecule has 0 fully saturated rings. The minimum atomic E-state index is 0.522. The third kappa shape index (κ3) is 10.8. The Balaban J connectivity index is 1.76. The molecule has 1 aromatic rings. The minimum absolute atomic E-state index is 0.522. The predicted molar refractivity (Wildman–Crippen MR) is 80.5 cm³/mol. The van der Waals surface area contributed by atoms with E-state index in [-0.39, 0.29) is 0 Å². The summed E-state index contributed by atoms with van der Waals surface area (Å²) in [7, 11) is 0. The zero-order valence-electron chi connectivity index (χ0n) is 12.4. The van der Waals surface area contributed by atoms with Crippen molar-refractivity contribution in [2.45, 2.75) is 0 Å². The fourth-order valence-electron chi connectivity index (χ4n) is 1.47. The van der Waals surface area contributed by atoms with E-state index in [0.717, 1.165) is 5.75 Å². The SMILES string of the molecule is C=COCCOCCOCCOCCOc1ccccc1. The van der Waals surface area contributed by atoms with Gasteiger partial charge in [0.1, 0.15) is 19.0 Å². The first-order chi connectivity index (χ1) is 10.4. The first kappa shape index (κ1) is 17.5. The number of benzene rings is 1. The van der Waals surface area contributed by atoms with E-state index in [1.165, 1.54) is 6.26 Å². The molecule has 21 heavy (non-hydrogen) atoms. The van der Waals surface area contributed by atoms with Crippen molar-refractivity contribution < 1.29 is 23.7 Å². The van der Waals surface area contributed by atoms with Crippen LogP contribution in [0.4, 0.5) is 0 Å². The van der Waals surface area contributed by atoms with Crippen LogP contribution in [0.1, 0.15) is 0 Å². The van der Waals surface area contributed by atoms with Gasteiger partial charge in [-0.3, -0.25) is 0 Å². The van der Waals surface area contributed by atoms with E-state index < -0.39 is 0 Å². The van der Waals surface area contributed by atoms with Crippen molar-refractivity contribution in [2.24, 2.45) is 0 Å². The molecule has 0 heterocycles. The minimum Gasteiger partial charge on any atom is -0.499 e. The monoisotopic (exact) mass is 296 g/mol. The van der Waals surface area contributed by atoms with Gasteiger partial charge in [-0.15, -0.1) is 0 Å². The zero-order valence-corrected chi connectivity index (χ0v) is 12.4. The van der Waals surface area contributed by atoms with Gasteiger partial charge in [0.05, 0.1) is 45.9 Å². The maximum atomic E-state index is 5.49. The molecule has 0 atom stereocenters. The van der Waals surface area contributed by atoms with E-state index in [4.69, 9.17) is 23.7 Å². The summed E-state index contributed by atoms with van der Waals surface area (Å²) in [6.45, 7) is 7.81. The Morgan fingerprint density at radius 2 is 1.24 bits per heavy atom. The molecule has 1 aromatic carbocycles. The molecular formula is C16H24O5. The van der Waals surface area contributed by atoms with Crippen molar-refractivity contribution in [3.05, 3.63) is 43.2 Å². The second-order valence-corrected chi connectivity index (χ2v) is 4.04. The topological polar surface area (TPSA) is 46.2 Å². The number of ether oxygens (including phenoxy) is 5. The Morgan fingerprint density at radius 3 is 1.81 bits per heavy atom. The molecule has 0 saturated carbocycles. The summed E-state index contributed by atoms with van der Waals surface area (Å²) in [5.74, 6) is 0.856. The van der Waals surface area contributed by atoms with Gasteiger partial charge in [-0.05, 0) is 12.1 Å². The van der Waals surface area contributed by atoms with Crippen LogP contribution in [0.25, 0.3) is 0 Å². The zero-order chi connectivity index (χ0) is 15.0. The maximum absolute atomic E-state index is 5.49. The highest BCUT2D eigenvalue weighted by Gasteiger charge is 1.93. The molecular weight excluding hydrogens is 272 g/mol. The number of hydrogen-bond donors (Lipinski definition) is 0. The summed E-state index contributed by atoms with van der Waals surface area (Å²) in [6, 6.07) is 9.68. The molecule has 0 aliphatic carbocycles. The Hall–Kier alpha value is -1.56. The fraction of sp³-hybridized carbons (Fsp3) is 0.500. The van der Waals surface area contributed by atoms with Crippen LogP contribution >= 0.6 is 0 Å². The molecule has 1 rings (SSSR count). The lowest BCUT2D eigenvalue weighted by Crippen LogP contribution is -2.13. The molecule has 5 nitrogen and oxygen atoms in total. The third-order valence-electron chi connectivity index (χ3n) is 2.45. The van der Waals surface area contributed by atoms with Crippen LogP contribution in [-0.2, 0) is 18.9 Å². The number of hydrogen-bond acceptors (Lipinski definition) is 5. The summed E-state index contributed by atoms with van der Waals surface area (Å²) in [4.78, 5) is 0. The first-order valence-corrected chi connectivity index (χ1v) is 7.07. The molecule has 0 bridgehead atoms. The third-order valence-corrected chi connectivity index (χ3v) is 2.45. The standard InChI is InChI=1S/C16H24O5/c1-2-17-8-9-18-10-11-19-12-13-20-14-15-21-16-6-4-3-5-7-16/h2-7H,1,8-15H2. The second kappa shape index (κ2) is 13.4. The fourth-order valence-corrected chi connectivity index (χ4v) is 1.47. The van der Waals surface area contributed by atoms with Gasteiger partial charge in [-0.1, -0.05) is 24.8 Å². The molecule has 118 valence electrons. The molecule has 0 spiro atoms. The molecule has 0 N–H and O–H groups in total. The van der Waals surface area contributed by atoms with Crippen LogP contribution in [0.2, 0.25) is 0 Å². The highest BCUT2D eigenvalue weighted by Crippen LogP contribution is 2.07. The van der Waals surface area contributed by atoms with Gasteiger partial charge < -0.3 is 23.7 Å². The van der Waals surface area contributed by atoms with E-state index >= 15 is 0 Å². The van der Waals surface area contributed by atoms with Crippen molar-refractivity contribution in [1.82, 2.24) is 0 Å². The van der Waals surface area contributed by atoms with E-state index in [2.05, 4.69) is 6.58 Å². The van der Waals surface area contributed by atoms with Crippen LogP contribution in [0.5, 0.6) is 5.75 Å². The molecule has 0 aliphatic rings. The number of para-hydroxylation sites is 1. The highest BCUT2D eigenvalue weighted by atomic mass is 16.6. The summed E-state index contributed by atoms with van der Waals surface area (Å²) in [5.41, 5.74) is 0. The lowest BCUT2D eigenvalue weighted by Gasteiger charge is -2.08. The van der Waals surface area contributed by atoms with Crippen LogP contribution in [-0.4, -0.2) is 52.9 Å². The van der Waals surface area contributed by atoms with E-state index in [1.807, 2.05) is 30.3 Å². The summed E-state index contributed by atoms with van der Waals surface area (Å²) < 4.78 is 26.4. The Morgan fingerprint density at radius 1 is 0.714 bits per heavy atom. The van der Waals surface area contributed by atoms with Crippen LogP contribution in [0.15, 0.2) is 43.2 Å². The quantitative estimate of drug-likeness (QED) is 0.389. The molecule has 0 saturated heterocycles. The lowest BCUT2D eigenvalue weighted by molar-refractivity contribution is 0.00265. The van der Waals surface area contributed by atoms with Crippen molar-refractivity contribution in [3.63, 3.8) is 0 Å². The van der Waals surface area contributed by atoms with E-state index in [0.29, 0.717) is 52.9 Å². The summed E-state index contributed by atoms with van der Waals surface area (Å²) >= 11 is 0. The predicted octanol–water partition coefficient (Wildman–Crippen LogP) is 2.28. The van der Waals surface area contributed by atoms with Crippen LogP contribution in [0, 0.1) is 0 Å². The Kier molecular flexibility index (Phi) is 11.2. The van der Waals surface area contributed by atoms with Gasteiger partial charge in [-0.2, -0.15) is 0 Å². The smallest absolute Gasteiger partial charge is 0.119 e. The average Bonchev–Trinajstić information content (AvgIpc) is 2.53. The average molecular weight is 296 g/mol. The highest BCUT2D eigenvalue weighted by molar-refractivity contribution is 5.20. The summed E-state index contributed by atoms with van der Waals surface area (Å²) in [5, 5.41) is 0. The maximum Gasteiger partial charge on any atom is 0.119 e. The van der Waals surface area contributed by atoms with Crippen molar-refractivity contribution in [3.8, 4) is 5.75 Å². The van der Waals surface area contributed by atoms with Gasteiger partial charge in [0.2, 0.25) is 0 Å². The first-order valence-electron chi connectivity index (χ1n) is 7.07. The second-order valence-electron chi connectivity index (χ2n) is 4.04. The van der Waals surface area contributed by atoms with Gasteiger partial charge in [-0.25, -0.2) is 0 Å². The molecule has 0 aliphatic heterocycles. The molecule has 0 amide bonds. The Bertz CT molecular complexity index is 342. The molecule has 0 aromatic heterocycles. The van der Waals surface area contributed by atoms with E-state index in [9.17, 15) is 0 Å². The van der Waals surface area contributed by atoms with Crippen LogP contribution in [0.3, 0.4) is 0 Å². The van der Waals surface area contributed by atoms with Gasteiger partial charge in [0.25, 0.3) is 0 Å². The van der Waals surface area contributed by atoms with Crippen molar-refractivity contribution in [1.29, 1.82) is 0 Å². The number of rotatable bonds is 14. The van der Waals surface area contributed by atoms with Gasteiger partial charge in [0, 0.05) is 0 Å². The summed E-state index contributed by atoms with van der Waals surface area (Å²) in [6.07, 6.45) is 1.40.